The molecule has 4 fully saturated rings. The molecule has 4 saturated heterocycles. The van der Waals surface area contributed by atoms with E-state index in [0.717, 1.165) is 4.90 Å². The van der Waals surface area contributed by atoms with Crippen LogP contribution in [0.15, 0.2) is 11.1 Å². The van der Waals surface area contributed by atoms with Crippen molar-refractivity contribution in [3.8, 4) is 0 Å². The summed E-state index contributed by atoms with van der Waals surface area (Å²) in [6.07, 6.45) is -17.0. The van der Waals surface area contributed by atoms with Crippen molar-refractivity contribution in [3.05, 3.63) is 11.1 Å². The molecule has 0 aromatic carbocycles. The van der Waals surface area contributed by atoms with Gasteiger partial charge in [-0.05, 0) is 18.1 Å². The van der Waals surface area contributed by atoms with E-state index >= 15 is 0 Å². The Bertz CT molecular complexity index is 931. The van der Waals surface area contributed by atoms with Crippen LogP contribution in [0.5, 0.6) is 0 Å². The minimum Gasteiger partial charge on any atom is -0.394 e. The second-order valence-corrected chi connectivity index (χ2v) is 10.5. The molecule has 0 aliphatic carbocycles. The summed E-state index contributed by atoms with van der Waals surface area (Å²) in [5, 5.41) is 79.8. The molecule has 14 atom stereocenters. The molecule has 0 aromatic rings. The molecule has 2 amide bonds. The zero-order valence-corrected chi connectivity index (χ0v) is 21.5. The van der Waals surface area contributed by atoms with Gasteiger partial charge in [-0.25, -0.2) is 0 Å². The molecule has 0 radical (unpaired) electrons. The van der Waals surface area contributed by atoms with Gasteiger partial charge >= 0.3 is 0 Å². The molecule has 0 spiro atoms. The van der Waals surface area contributed by atoms with Gasteiger partial charge in [0.05, 0.1) is 50.5 Å². The largest absolute Gasteiger partial charge is 0.394 e. The number of hydrogen-bond acceptors (Lipinski definition) is 15. The average molecular weight is 578 g/mol. The van der Waals surface area contributed by atoms with Gasteiger partial charge in [-0.2, -0.15) is 0 Å². The smallest absolute Gasteiger partial charge is 0.236 e. The summed E-state index contributed by atoms with van der Waals surface area (Å²) in [6, 6.07) is 0. The summed E-state index contributed by atoms with van der Waals surface area (Å²) in [7, 11) is 0. The molecular weight excluding hydrogens is 542 g/mol. The molecule has 0 saturated carbocycles. The van der Waals surface area contributed by atoms with E-state index in [0.29, 0.717) is 11.1 Å². The third kappa shape index (κ3) is 4.70. The van der Waals surface area contributed by atoms with Crippen molar-refractivity contribution in [2.45, 2.75) is 80.5 Å². The molecule has 8 unspecified atom stereocenters. The Morgan fingerprint density at radius 3 is 1.40 bits per heavy atom. The number of likely N-dealkylation sites (tertiary alicyclic amines) is 1. The highest BCUT2D eigenvalue weighted by Crippen LogP contribution is 2.51. The molecule has 5 rings (SSSR count). The number of aliphatic hydroxyl groups is 8. The fourth-order valence-electron chi connectivity index (χ4n) is 6.12. The van der Waals surface area contributed by atoms with Crippen molar-refractivity contribution in [3.63, 3.8) is 0 Å². The lowest BCUT2D eigenvalue weighted by Gasteiger charge is -2.40. The van der Waals surface area contributed by atoms with Crippen LogP contribution in [0.25, 0.3) is 0 Å². The fourth-order valence-corrected chi connectivity index (χ4v) is 6.12. The maximum Gasteiger partial charge on any atom is 0.236 e. The van der Waals surface area contributed by atoms with Crippen LogP contribution >= 0.6 is 0 Å². The van der Waals surface area contributed by atoms with Crippen LogP contribution in [0.2, 0.25) is 0 Å². The zero-order chi connectivity index (χ0) is 29.0. The number of fused-ring (bicyclic) bond motifs is 5. The Morgan fingerprint density at radius 2 is 1.05 bits per heavy atom. The summed E-state index contributed by atoms with van der Waals surface area (Å²) in [5.41, 5.74) is 0.763. The number of ether oxygens (including phenoxy) is 5. The Balaban J connectivity index is 1.38. The van der Waals surface area contributed by atoms with Crippen LogP contribution in [-0.2, 0) is 33.3 Å². The van der Waals surface area contributed by atoms with Crippen LogP contribution in [0.4, 0.5) is 0 Å². The maximum atomic E-state index is 13.0. The van der Waals surface area contributed by atoms with Crippen molar-refractivity contribution in [2.75, 3.05) is 33.0 Å². The monoisotopic (exact) mass is 577 g/mol. The Hall–Kier alpha value is -1.64. The lowest BCUT2D eigenvalue weighted by Crippen LogP contribution is -2.59. The average Bonchev–Trinajstić information content (AvgIpc) is 3.58. The highest BCUT2D eigenvalue weighted by atomic mass is 16.7. The number of imide groups is 1. The topological polar surface area (TPSA) is 245 Å². The van der Waals surface area contributed by atoms with E-state index in [1.54, 1.807) is 6.92 Å². The number of amides is 2. The first-order valence-electron chi connectivity index (χ1n) is 13.1. The van der Waals surface area contributed by atoms with E-state index in [9.17, 15) is 50.4 Å². The SMILES string of the molecule is CCN1C(=O)C2C3OC(C(CO[C@@H]4OC(CO)[C@H](O)[C@H](O)C4O)=C3CO[C@@H]3OC(CO)[C@H](O)[C@H](O)C3O)C2C1=O. The summed E-state index contributed by atoms with van der Waals surface area (Å²) in [5.74, 6) is -2.49. The normalized spacial score (nSPS) is 47.0. The first-order valence-corrected chi connectivity index (χ1v) is 13.1. The molecule has 2 bridgehead atoms. The minimum absolute atomic E-state index is 0.164. The zero-order valence-electron chi connectivity index (χ0n) is 21.5. The van der Waals surface area contributed by atoms with Crippen LogP contribution in [-0.4, -0.2) is 164 Å². The molecule has 16 heteroatoms. The van der Waals surface area contributed by atoms with Gasteiger partial charge in [0.2, 0.25) is 11.8 Å². The Morgan fingerprint density at radius 1 is 0.650 bits per heavy atom. The van der Waals surface area contributed by atoms with Crippen molar-refractivity contribution in [1.82, 2.24) is 4.90 Å². The van der Waals surface area contributed by atoms with Gasteiger partial charge in [-0.15, -0.1) is 0 Å². The predicted molar refractivity (Wildman–Crippen MR) is 124 cm³/mol. The standard InChI is InChI=1S/C24H35NO15/c1-2-25-21(34)11-12(22(25)35)20-8(6-37-24-18(33)16(31)14(29)10(4-27)39-24)7(19(11)40-20)5-36-23-17(32)15(30)13(28)9(3-26)38-23/h9-20,23-24,26-33H,2-6H2,1H3/t9?,10?,11?,12?,13-,14-,15-,16-,17?,18?,19?,20?,23+,24+/m0/s1. The van der Waals surface area contributed by atoms with Gasteiger partial charge in [0, 0.05) is 6.54 Å². The number of carbonyl (C=O) groups excluding carboxylic acids is 2. The number of hydrogen-bond donors (Lipinski definition) is 8. The van der Waals surface area contributed by atoms with E-state index in [1.807, 2.05) is 0 Å². The number of rotatable bonds is 9. The first kappa shape index (κ1) is 29.8. The van der Waals surface area contributed by atoms with E-state index < -0.39 is 110 Å². The molecule has 5 heterocycles. The highest BCUT2D eigenvalue weighted by molar-refractivity contribution is 6.07. The summed E-state index contributed by atoms with van der Waals surface area (Å²) < 4.78 is 28.2. The van der Waals surface area contributed by atoms with Crippen molar-refractivity contribution in [1.29, 1.82) is 0 Å². The van der Waals surface area contributed by atoms with E-state index in [2.05, 4.69) is 0 Å². The third-order valence-electron chi connectivity index (χ3n) is 8.35. The molecule has 40 heavy (non-hydrogen) atoms. The summed E-state index contributed by atoms with van der Waals surface area (Å²) >= 11 is 0. The maximum absolute atomic E-state index is 13.0. The van der Waals surface area contributed by atoms with Gasteiger partial charge in [0.15, 0.2) is 12.6 Å². The van der Waals surface area contributed by atoms with Crippen LogP contribution in [0, 0.1) is 11.8 Å². The lowest BCUT2D eigenvalue weighted by atomic mass is 9.77. The second-order valence-electron chi connectivity index (χ2n) is 10.5. The van der Waals surface area contributed by atoms with Crippen LogP contribution in [0.3, 0.4) is 0 Å². The quantitative estimate of drug-likeness (QED) is 0.0940. The van der Waals surface area contributed by atoms with E-state index in [1.165, 1.54) is 0 Å². The van der Waals surface area contributed by atoms with Gasteiger partial charge in [0.1, 0.15) is 48.8 Å². The van der Waals surface area contributed by atoms with E-state index in [-0.39, 0.29) is 19.8 Å². The van der Waals surface area contributed by atoms with Crippen molar-refractivity contribution >= 4 is 11.8 Å². The highest BCUT2D eigenvalue weighted by Gasteiger charge is 2.65. The number of aliphatic hydroxyl groups excluding tert-OH is 8. The molecule has 5 aliphatic rings. The minimum atomic E-state index is -1.68. The fraction of sp³-hybridized carbons (Fsp3) is 0.833. The molecule has 0 aromatic heterocycles. The number of carbonyl (C=O) groups is 2. The van der Waals surface area contributed by atoms with Gasteiger partial charge < -0.3 is 64.5 Å². The van der Waals surface area contributed by atoms with Crippen molar-refractivity contribution < 1.29 is 74.1 Å². The Labute approximate surface area is 227 Å². The van der Waals surface area contributed by atoms with Gasteiger partial charge in [-0.1, -0.05) is 0 Å². The Kier molecular flexibility index (Phi) is 8.62. The molecule has 226 valence electrons. The van der Waals surface area contributed by atoms with Gasteiger partial charge in [-0.3, -0.25) is 14.5 Å². The summed E-state index contributed by atoms with van der Waals surface area (Å²) in [4.78, 5) is 27.2. The van der Waals surface area contributed by atoms with Crippen LogP contribution in [0.1, 0.15) is 6.92 Å². The molecule has 16 nitrogen and oxygen atoms in total. The molecular formula is C24H35NO15. The second kappa shape index (κ2) is 11.6. The molecule has 5 aliphatic heterocycles. The van der Waals surface area contributed by atoms with E-state index in [4.69, 9.17) is 23.7 Å². The van der Waals surface area contributed by atoms with Crippen LogP contribution < -0.4 is 0 Å². The first-order chi connectivity index (χ1) is 19.0. The van der Waals surface area contributed by atoms with Gasteiger partial charge in [0.25, 0.3) is 0 Å². The molecule has 8 N–H and O–H groups in total. The third-order valence-corrected chi connectivity index (χ3v) is 8.35. The number of nitrogens with zero attached hydrogens (tertiary/aromatic N) is 1. The summed E-state index contributed by atoms with van der Waals surface area (Å²) in [6.45, 7) is -0.141. The lowest BCUT2D eigenvalue weighted by molar-refractivity contribution is -0.300. The predicted octanol–water partition coefficient (Wildman–Crippen LogP) is -5.68. The van der Waals surface area contributed by atoms with Crippen molar-refractivity contribution in [2.24, 2.45) is 11.8 Å².